The molecule has 2 aromatic heterocycles. The van der Waals surface area contributed by atoms with Crippen molar-refractivity contribution in [2.75, 3.05) is 32.8 Å². The van der Waals surface area contributed by atoms with Crippen molar-refractivity contribution in [1.82, 2.24) is 19.0 Å². The Kier molecular flexibility index (Phi) is 6.34. The predicted octanol–water partition coefficient (Wildman–Crippen LogP) is 2.10. The number of rotatable bonds is 6. The van der Waals surface area contributed by atoms with Gasteiger partial charge in [-0.25, -0.2) is 17.9 Å². The summed E-state index contributed by atoms with van der Waals surface area (Å²) in [6.07, 6.45) is 0. The van der Waals surface area contributed by atoms with Crippen molar-refractivity contribution in [2.45, 2.75) is 18.9 Å². The number of hydrogen-bond donors (Lipinski definition) is 0. The maximum atomic E-state index is 13.0. The van der Waals surface area contributed by atoms with Gasteiger partial charge in [0.1, 0.15) is 0 Å². The van der Waals surface area contributed by atoms with E-state index in [4.69, 9.17) is 9.15 Å². The highest BCUT2D eigenvalue weighted by Gasteiger charge is 2.33. The van der Waals surface area contributed by atoms with Crippen LogP contribution in [0.4, 0.5) is 0 Å². The summed E-state index contributed by atoms with van der Waals surface area (Å²) in [6, 6.07) is 13.7. The van der Waals surface area contributed by atoms with Crippen molar-refractivity contribution in [3.63, 3.8) is 0 Å². The zero-order valence-electron chi connectivity index (χ0n) is 18.3. The van der Waals surface area contributed by atoms with E-state index in [0.717, 1.165) is 11.4 Å². The Morgan fingerprint density at radius 1 is 1.06 bits per heavy atom. The first-order valence-corrected chi connectivity index (χ1v) is 11.9. The molecular weight excluding hydrogens is 448 g/mol. The summed E-state index contributed by atoms with van der Waals surface area (Å²) < 4.78 is 38.8. The number of benzene rings is 1. The van der Waals surface area contributed by atoms with E-state index in [1.807, 2.05) is 37.3 Å². The van der Waals surface area contributed by atoms with Crippen LogP contribution in [0.15, 0.2) is 58.0 Å². The van der Waals surface area contributed by atoms with E-state index in [2.05, 4.69) is 5.10 Å². The average molecular weight is 473 g/mol. The molecule has 0 saturated carbocycles. The number of para-hydroxylation sites is 1. The Bertz CT molecular complexity index is 1260. The summed E-state index contributed by atoms with van der Waals surface area (Å²) in [5.41, 5.74) is 1.98. The van der Waals surface area contributed by atoms with Gasteiger partial charge in [-0.1, -0.05) is 18.2 Å². The third kappa shape index (κ3) is 4.55. The van der Waals surface area contributed by atoms with Crippen LogP contribution in [0.25, 0.3) is 5.69 Å². The van der Waals surface area contributed by atoms with Crippen LogP contribution in [0.2, 0.25) is 0 Å². The third-order valence-corrected chi connectivity index (χ3v) is 7.06. The molecule has 1 fully saturated rings. The number of aryl methyl sites for hydroxylation is 1. The van der Waals surface area contributed by atoms with E-state index in [0.29, 0.717) is 5.69 Å². The Morgan fingerprint density at radius 3 is 2.42 bits per heavy atom. The molecule has 1 amide bonds. The number of aromatic nitrogens is 2. The molecule has 10 nitrogen and oxygen atoms in total. The fraction of sp³-hybridized carbons (Fsp3) is 0.318. The van der Waals surface area contributed by atoms with Crippen LogP contribution in [-0.2, 0) is 14.8 Å². The second kappa shape index (κ2) is 9.20. The predicted molar refractivity (Wildman–Crippen MR) is 118 cm³/mol. The van der Waals surface area contributed by atoms with E-state index >= 15 is 0 Å². The standard InChI is InChI=1S/C22H24N4O6S/c1-3-31-22(28)19-9-10-20(32-19)33(29,30)25-13-11-24(12-14-25)21(27)18-15-16(2)26(23-18)17-7-5-4-6-8-17/h4-10,15H,3,11-14H2,1-2H3. The second-order valence-electron chi connectivity index (χ2n) is 7.45. The minimum Gasteiger partial charge on any atom is -0.460 e. The first kappa shape index (κ1) is 22.7. The highest BCUT2D eigenvalue weighted by Crippen LogP contribution is 2.22. The molecule has 1 aromatic carbocycles. The van der Waals surface area contributed by atoms with Crippen molar-refractivity contribution in [2.24, 2.45) is 0 Å². The van der Waals surface area contributed by atoms with Gasteiger partial charge in [0.25, 0.3) is 15.9 Å². The van der Waals surface area contributed by atoms with Crippen molar-refractivity contribution < 1.29 is 27.2 Å². The summed E-state index contributed by atoms with van der Waals surface area (Å²) in [5, 5.41) is 4.11. The maximum absolute atomic E-state index is 13.0. The normalized spacial score (nSPS) is 14.9. The SMILES string of the molecule is CCOC(=O)c1ccc(S(=O)(=O)N2CCN(C(=O)c3cc(C)n(-c4ccccc4)n3)CC2)o1. The Morgan fingerprint density at radius 2 is 1.76 bits per heavy atom. The van der Waals surface area contributed by atoms with Crippen molar-refractivity contribution >= 4 is 21.9 Å². The van der Waals surface area contributed by atoms with E-state index in [-0.39, 0.29) is 49.5 Å². The molecule has 174 valence electrons. The monoisotopic (exact) mass is 472 g/mol. The van der Waals surface area contributed by atoms with Gasteiger partial charge in [0.15, 0.2) is 5.69 Å². The number of amides is 1. The molecular formula is C22H24N4O6S. The van der Waals surface area contributed by atoms with Gasteiger partial charge in [-0.15, -0.1) is 0 Å². The van der Waals surface area contributed by atoms with Gasteiger partial charge in [0, 0.05) is 31.9 Å². The van der Waals surface area contributed by atoms with Crippen LogP contribution in [0.5, 0.6) is 0 Å². The number of hydrogen-bond acceptors (Lipinski definition) is 7. The summed E-state index contributed by atoms with van der Waals surface area (Å²) >= 11 is 0. The number of nitrogens with zero attached hydrogens (tertiary/aromatic N) is 4. The second-order valence-corrected chi connectivity index (χ2v) is 9.32. The number of esters is 1. The number of furan rings is 1. The first-order valence-electron chi connectivity index (χ1n) is 10.5. The number of carbonyl (C=O) groups excluding carboxylic acids is 2. The summed E-state index contributed by atoms with van der Waals surface area (Å²) in [6.45, 7) is 4.29. The van der Waals surface area contributed by atoms with Gasteiger partial charge >= 0.3 is 5.97 Å². The zero-order valence-corrected chi connectivity index (χ0v) is 19.1. The lowest BCUT2D eigenvalue weighted by atomic mass is 10.3. The molecule has 0 radical (unpaired) electrons. The maximum Gasteiger partial charge on any atom is 0.374 e. The Balaban J connectivity index is 1.43. The van der Waals surface area contributed by atoms with Gasteiger partial charge in [-0.2, -0.15) is 9.40 Å². The molecule has 1 aliphatic heterocycles. The number of carbonyl (C=O) groups is 2. The van der Waals surface area contributed by atoms with Crippen LogP contribution in [0.3, 0.4) is 0 Å². The molecule has 0 aliphatic carbocycles. The highest BCUT2D eigenvalue weighted by atomic mass is 32.2. The molecule has 1 aliphatic rings. The summed E-state index contributed by atoms with van der Waals surface area (Å²) in [4.78, 5) is 26.3. The van der Waals surface area contributed by atoms with Crippen LogP contribution in [0, 0.1) is 6.92 Å². The number of sulfonamides is 1. The van der Waals surface area contributed by atoms with Gasteiger partial charge in [-0.3, -0.25) is 4.79 Å². The Hall–Kier alpha value is -3.44. The molecule has 11 heteroatoms. The zero-order chi connectivity index (χ0) is 23.6. The van der Waals surface area contributed by atoms with Gasteiger partial charge in [0.2, 0.25) is 10.9 Å². The van der Waals surface area contributed by atoms with E-state index in [1.54, 1.807) is 22.6 Å². The number of ether oxygens (including phenoxy) is 1. The van der Waals surface area contributed by atoms with E-state index in [1.165, 1.54) is 16.4 Å². The molecule has 0 unspecified atom stereocenters. The van der Waals surface area contributed by atoms with Crippen molar-refractivity contribution in [3.05, 3.63) is 65.7 Å². The van der Waals surface area contributed by atoms with Gasteiger partial charge < -0.3 is 14.1 Å². The molecule has 3 aromatic rings. The molecule has 0 bridgehead atoms. The van der Waals surface area contributed by atoms with Crippen LogP contribution in [-0.4, -0.2) is 72.1 Å². The van der Waals surface area contributed by atoms with Crippen molar-refractivity contribution in [1.29, 1.82) is 0 Å². The fourth-order valence-corrected chi connectivity index (χ4v) is 4.93. The van der Waals surface area contributed by atoms with Crippen LogP contribution >= 0.6 is 0 Å². The quantitative estimate of drug-likeness (QED) is 0.505. The van der Waals surface area contributed by atoms with E-state index in [9.17, 15) is 18.0 Å². The molecule has 0 atom stereocenters. The topological polar surface area (TPSA) is 115 Å². The lowest BCUT2D eigenvalue weighted by Gasteiger charge is -2.33. The smallest absolute Gasteiger partial charge is 0.374 e. The Labute approximate surface area is 191 Å². The molecule has 4 rings (SSSR count). The van der Waals surface area contributed by atoms with Gasteiger partial charge in [-0.05, 0) is 44.2 Å². The summed E-state index contributed by atoms with van der Waals surface area (Å²) in [7, 11) is -3.94. The lowest BCUT2D eigenvalue weighted by molar-refractivity contribution is 0.0483. The van der Waals surface area contributed by atoms with E-state index < -0.39 is 16.0 Å². The largest absolute Gasteiger partial charge is 0.460 e. The molecule has 33 heavy (non-hydrogen) atoms. The third-order valence-electron chi connectivity index (χ3n) is 5.29. The first-order chi connectivity index (χ1) is 15.8. The molecule has 3 heterocycles. The lowest BCUT2D eigenvalue weighted by Crippen LogP contribution is -2.50. The van der Waals surface area contributed by atoms with Crippen LogP contribution in [0.1, 0.15) is 33.7 Å². The fourth-order valence-electron chi connectivity index (χ4n) is 3.60. The van der Waals surface area contributed by atoms with Gasteiger partial charge in [0.05, 0.1) is 12.3 Å². The molecule has 1 saturated heterocycles. The minimum atomic E-state index is -3.94. The average Bonchev–Trinajstić information content (AvgIpc) is 3.47. The van der Waals surface area contributed by atoms with Crippen LogP contribution < -0.4 is 0 Å². The highest BCUT2D eigenvalue weighted by molar-refractivity contribution is 7.89. The van der Waals surface area contributed by atoms with Crippen molar-refractivity contribution in [3.8, 4) is 5.69 Å². The molecule has 0 N–H and O–H groups in total. The summed E-state index contributed by atoms with van der Waals surface area (Å²) in [5.74, 6) is -1.15. The molecule has 0 spiro atoms. The number of piperazine rings is 1. The minimum absolute atomic E-state index is 0.0991.